The molecule has 1 aliphatic heterocycles. The lowest BCUT2D eigenvalue weighted by atomic mass is 10.1. The van der Waals surface area contributed by atoms with Gasteiger partial charge < -0.3 is 10.2 Å². The van der Waals surface area contributed by atoms with E-state index < -0.39 is 11.2 Å². The van der Waals surface area contributed by atoms with Crippen molar-refractivity contribution >= 4 is 41.8 Å². The van der Waals surface area contributed by atoms with Crippen LogP contribution in [0.1, 0.15) is 55.6 Å². The predicted octanol–water partition coefficient (Wildman–Crippen LogP) is 1.90. The first-order valence-electron chi connectivity index (χ1n) is 10.1. The van der Waals surface area contributed by atoms with Crippen LogP contribution in [0.2, 0.25) is 0 Å². The van der Waals surface area contributed by atoms with E-state index in [9.17, 15) is 14.4 Å². The molecule has 0 aromatic carbocycles. The summed E-state index contributed by atoms with van der Waals surface area (Å²) in [6.07, 6.45) is 2.04. The van der Waals surface area contributed by atoms with Crippen LogP contribution in [-0.4, -0.2) is 51.0 Å². The Bertz CT molecular complexity index is 1050. The van der Waals surface area contributed by atoms with Gasteiger partial charge in [-0.05, 0) is 31.7 Å². The van der Waals surface area contributed by atoms with Gasteiger partial charge in [0.05, 0.1) is 10.9 Å². The minimum absolute atomic E-state index is 0. The Kier molecular flexibility index (Phi) is 7.71. The zero-order chi connectivity index (χ0) is 20.0. The summed E-state index contributed by atoms with van der Waals surface area (Å²) in [5.41, 5.74) is 0.486. The summed E-state index contributed by atoms with van der Waals surface area (Å²) in [7, 11) is 0. The van der Waals surface area contributed by atoms with E-state index in [4.69, 9.17) is 0 Å². The Morgan fingerprint density at radius 1 is 1.27 bits per heavy atom. The smallest absolute Gasteiger partial charge is 0.330 e. The van der Waals surface area contributed by atoms with E-state index in [0.717, 1.165) is 31.6 Å². The maximum absolute atomic E-state index is 13.4. The zero-order valence-electron chi connectivity index (χ0n) is 17.4. The number of H-pyrrole nitrogens is 1. The van der Waals surface area contributed by atoms with E-state index in [1.54, 1.807) is 11.0 Å². The van der Waals surface area contributed by atoms with Gasteiger partial charge in [0.15, 0.2) is 5.65 Å². The highest BCUT2D eigenvalue weighted by atomic mass is 35.5. The Hall–Kier alpha value is -1.90. The maximum Gasteiger partial charge on any atom is 0.330 e. The Balaban J connectivity index is 0.00000160. The fraction of sp³-hybridized carbons (Fsp3) is 0.600. The molecule has 166 valence electrons. The summed E-state index contributed by atoms with van der Waals surface area (Å²) in [6, 6.07) is 1.81. The number of piperazine rings is 1. The SMILES string of the molecule is CC(C)Cn1c(=O)[nH]c(=O)c2c(C(=O)N3CCNC[C@@H]3C)cc(C3CC3)nc21.Cl.Cl. The van der Waals surface area contributed by atoms with Crippen molar-refractivity contribution in [2.75, 3.05) is 19.6 Å². The fourth-order valence-electron chi connectivity index (χ4n) is 3.88. The van der Waals surface area contributed by atoms with Gasteiger partial charge in [-0.25, -0.2) is 9.78 Å². The van der Waals surface area contributed by atoms with Crippen LogP contribution in [0.15, 0.2) is 15.7 Å². The molecule has 8 nitrogen and oxygen atoms in total. The monoisotopic (exact) mass is 457 g/mol. The number of carbonyl (C=O) groups excluding carboxylic acids is 1. The standard InChI is InChI=1S/C20H27N5O3.2ClH/c1-11(2)10-25-17-16(18(26)23-20(25)28)14(8-15(22-17)13-4-5-13)19(27)24-7-6-21-9-12(24)3;;/h8,11-13,21H,4-7,9-10H2,1-3H3,(H,23,26,28);2*1H/t12-;;/m0../s1. The average molecular weight is 458 g/mol. The van der Waals surface area contributed by atoms with Crippen molar-refractivity contribution in [1.82, 2.24) is 24.8 Å². The molecule has 2 aliphatic rings. The van der Waals surface area contributed by atoms with Crippen LogP contribution in [0.4, 0.5) is 0 Å². The number of hydrogen-bond acceptors (Lipinski definition) is 5. The van der Waals surface area contributed by atoms with Gasteiger partial charge in [-0.2, -0.15) is 0 Å². The summed E-state index contributed by atoms with van der Waals surface area (Å²) in [6.45, 7) is 8.47. The van der Waals surface area contributed by atoms with Gasteiger partial charge in [-0.3, -0.25) is 19.1 Å². The lowest BCUT2D eigenvalue weighted by Crippen LogP contribution is -2.52. The summed E-state index contributed by atoms with van der Waals surface area (Å²) in [5, 5.41) is 3.50. The first-order valence-corrected chi connectivity index (χ1v) is 10.1. The molecular weight excluding hydrogens is 429 g/mol. The molecule has 4 rings (SSSR count). The van der Waals surface area contributed by atoms with Crippen molar-refractivity contribution in [3.8, 4) is 0 Å². The summed E-state index contributed by atoms with van der Waals surface area (Å²) < 4.78 is 1.51. The van der Waals surface area contributed by atoms with Crippen LogP contribution in [0.25, 0.3) is 11.0 Å². The third-order valence-electron chi connectivity index (χ3n) is 5.50. The van der Waals surface area contributed by atoms with Crippen LogP contribution in [-0.2, 0) is 6.54 Å². The van der Waals surface area contributed by atoms with Gasteiger partial charge in [0.1, 0.15) is 0 Å². The zero-order valence-corrected chi connectivity index (χ0v) is 19.1. The normalized spacial score (nSPS) is 18.8. The molecule has 1 saturated heterocycles. The van der Waals surface area contributed by atoms with Crippen molar-refractivity contribution < 1.29 is 4.79 Å². The number of rotatable bonds is 4. The highest BCUT2D eigenvalue weighted by Crippen LogP contribution is 2.40. The first-order chi connectivity index (χ1) is 13.4. The van der Waals surface area contributed by atoms with Gasteiger partial charge in [0.2, 0.25) is 0 Å². The molecule has 1 aliphatic carbocycles. The number of hydrogen-bond donors (Lipinski definition) is 2. The van der Waals surface area contributed by atoms with Crippen LogP contribution in [0.3, 0.4) is 0 Å². The Morgan fingerprint density at radius 3 is 2.57 bits per heavy atom. The van der Waals surface area contributed by atoms with E-state index in [1.807, 2.05) is 20.8 Å². The van der Waals surface area contributed by atoms with Crippen molar-refractivity contribution in [2.45, 2.75) is 52.1 Å². The van der Waals surface area contributed by atoms with E-state index >= 15 is 0 Å². The topological polar surface area (TPSA) is 100 Å². The van der Waals surface area contributed by atoms with E-state index in [2.05, 4.69) is 15.3 Å². The molecule has 1 saturated carbocycles. The molecule has 2 aromatic rings. The number of aromatic amines is 1. The molecule has 3 heterocycles. The minimum atomic E-state index is -0.541. The summed E-state index contributed by atoms with van der Waals surface area (Å²) >= 11 is 0. The molecule has 1 amide bonds. The number of carbonyl (C=O) groups is 1. The molecule has 2 N–H and O–H groups in total. The highest BCUT2D eigenvalue weighted by Gasteiger charge is 2.31. The summed E-state index contributed by atoms with van der Waals surface area (Å²) in [5.74, 6) is 0.340. The van der Waals surface area contributed by atoms with Crippen LogP contribution >= 0.6 is 24.8 Å². The number of halogens is 2. The van der Waals surface area contributed by atoms with Gasteiger partial charge in [0.25, 0.3) is 11.5 Å². The lowest BCUT2D eigenvalue weighted by Gasteiger charge is -2.34. The lowest BCUT2D eigenvalue weighted by molar-refractivity contribution is 0.0657. The molecule has 0 radical (unpaired) electrons. The second-order valence-electron chi connectivity index (χ2n) is 8.38. The number of pyridine rings is 1. The van der Waals surface area contributed by atoms with E-state index in [1.165, 1.54) is 4.57 Å². The molecular formula is C20H29Cl2N5O3. The van der Waals surface area contributed by atoms with Crippen LogP contribution in [0.5, 0.6) is 0 Å². The number of nitrogens with zero attached hydrogens (tertiary/aromatic N) is 3. The molecule has 2 fully saturated rings. The summed E-state index contributed by atoms with van der Waals surface area (Å²) in [4.78, 5) is 47.5. The molecule has 0 spiro atoms. The second-order valence-corrected chi connectivity index (χ2v) is 8.38. The molecule has 10 heteroatoms. The first kappa shape index (κ1) is 24.4. The second kappa shape index (κ2) is 9.49. The Morgan fingerprint density at radius 2 is 1.97 bits per heavy atom. The van der Waals surface area contributed by atoms with Crippen molar-refractivity contribution in [3.63, 3.8) is 0 Å². The molecule has 0 unspecified atom stereocenters. The van der Waals surface area contributed by atoms with Gasteiger partial charge in [-0.1, -0.05) is 13.8 Å². The predicted molar refractivity (Wildman–Crippen MR) is 121 cm³/mol. The van der Waals surface area contributed by atoms with Crippen LogP contribution < -0.4 is 16.6 Å². The number of fused-ring (bicyclic) bond motifs is 1. The third kappa shape index (κ3) is 4.55. The van der Waals surface area contributed by atoms with Crippen LogP contribution in [0, 0.1) is 5.92 Å². The molecule has 2 aromatic heterocycles. The Labute approximate surface area is 187 Å². The van der Waals surface area contributed by atoms with E-state index in [-0.39, 0.29) is 48.1 Å². The highest BCUT2D eigenvalue weighted by molar-refractivity contribution is 6.05. The van der Waals surface area contributed by atoms with Gasteiger partial charge in [-0.15, -0.1) is 24.8 Å². The largest absolute Gasteiger partial charge is 0.333 e. The van der Waals surface area contributed by atoms with Crippen molar-refractivity contribution in [3.05, 3.63) is 38.2 Å². The maximum atomic E-state index is 13.4. The van der Waals surface area contributed by atoms with Crippen molar-refractivity contribution in [1.29, 1.82) is 0 Å². The van der Waals surface area contributed by atoms with Gasteiger partial charge in [0, 0.05) is 43.8 Å². The quantitative estimate of drug-likeness (QED) is 0.729. The van der Waals surface area contributed by atoms with E-state index in [0.29, 0.717) is 30.2 Å². The number of nitrogens with one attached hydrogen (secondary N) is 2. The average Bonchev–Trinajstić information content (AvgIpc) is 3.49. The fourth-order valence-corrected chi connectivity index (χ4v) is 3.88. The molecule has 30 heavy (non-hydrogen) atoms. The van der Waals surface area contributed by atoms with Crippen molar-refractivity contribution in [2.24, 2.45) is 5.92 Å². The number of aromatic nitrogens is 3. The minimum Gasteiger partial charge on any atom is -0.333 e. The molecule has 0 bridgehead atoms. The number of amides is 1. The van der Waals surface area contributed by atoms with Gasteiger partial charge >= 0.3 is 5.69 Å². The molecule has 1 atom stereocenters. The third-order valence-corrected chi connectivity index (χ3v) is 5.50.